The highest BCUT2D eigenvalue weighted by Crippen LogP contribution is 2.43. The summed E-state index contributed by atoms with van der Waals surface area (Å²) in [7, 11) is 0. The second-order valence-electron chi connectivity index (χ2n) is 6.53. The summed E-state index contributed by atoms with van der Waals surface area (Å²) in [4.78, 5) is 2.75. The SMILES string of the molecule is CC(C)C1CN(C(C)(C)C2CC2)CCCN1. The second kappa shape index (κ2) is 4.66. The van der Waals surface area contributed by atoms with Gasteiger partial charge in [0, 0.05) is 18.1 Å². The summed E-state index contributed by atoms with van der Waals surface area (Å²) < 4.78 is 0. The zero-order valence-electron chi connectivity index (χ0n) is 11.4. The summed E-state index contributed by atoms with van der Waals surface area (Å²) in [5.74, 6) is 1.70. The Balaban J connectivity index is 2.02. The van der Waals surface area contributed by atoms with Crippen LogP contribution in [0.4, 0.5) is 0 Å². The molecule has 0 spiro atoms. The largest absolute Gasteiger partial charge is 0.312 e. The van der Waals surface area contributed by atoms with Crippen molar-refractivity contribution in [1.29, 1.82) is 0 Å². The Morgan fingerprint density at radius 3 is 2.50 bits per heavy atom. The predicted molar refractivity (Wildman–Crippen MR) is 69.6 cm³/mol. The van der Waals surface area contributed by atoms with Crippen molar-refractivity contribution in [1.82, 2.24) is 10.2 Å². The first kappa shape index (κ1) is 12.4. The Morgan fingerprint density at radius 2 is 1.94 bits per heavy atom. The maximum Gasteiger partial charge on any atom is 0.0218 e. The predicted octanol–water partition coefficient (Wildman–Crippen LogP) is 2.49. The Kier molecular flexibility index (Phi) is 3.60. The first-order valence-electron chi connectivity index (χ1n) is 7.00. The van der Waals surface area contributed by atoms with E-state index in [-0.39, 0.29) is 0 Å². The molecule has 2 heteroatoms. The lowest BCUT2D eigenvalue weighted by atomic mass is 9.94. The second-order valence-corrected chi connectivity index (χ2v) is 6.53. The molecule has 2 aliphatic rings. The van der Waals surface area contributed by atoms with E-state index in [9.17, 15) is 0 Å². The average molecular weight is 224 g/mol. The maximum absolute atomic E-state index is 3.70. The van der Waals surface area contributed by atoms with Gasteiger partial charge in [-0.2, -0.15) is 0 Å². The highest BCUT2D eigenvalue weighted by Gasteiger charge is 2.42. The normalized spacial score (nSPS) is 29.4. The minimum atomic E-state index is 0.430. The van der Waals surface area contributed by atoms with Crippen molar-refractivity contribution in [2.24, 2.45) is 11.8 Å². The lowest BCUT2D eigenvalue weighted by molar-refractivity contribution is 0.0908. The van der Waals surface area contributed by atoms with Gasteiger partial charge in [-0.25, -0.2) is 0 Å². The van der Waals surface area contributed by atoms with Gasteiger partial charge in [0.2, 0.25) is 0 Å². The lowest BCUT2D eigenvalue weighted by Gasteiger charge is -2.40. The summed E-state index contributed by atoms with van der Waals surface area (Å²) in [6.07, 6.45) is 4.20. The van der Waals surface area contributed by atoms with Gasteiger partial charge in [-0.15, -0.1) is 0 Å². The Morgan fingerprint density at radius 1 is 1.25 bits per heavy atom. The average Bonchev–Trinajstić information content (AvgIpc) is 3.05. The van der Waals surface area contributed by atoms with Gasteiger partial charge in [0.05, 0.1) is 0 Å². The number of hydrogen-bond donors (Lipinski definition) is 1. The number of hydrogen-bond acceptors (Lipinski definition) is 2. The summed E-state index contributed by atoms with van der Waals surface area (Å²) in [5.41, 5.74) is 0.430. The Hall–Kier alpha value is -0.0800. The molecule has 0 aromatic rings. The molecule has 0 radical (unpaired) electrons. The van der Waals surface area contributed by atoms with E-state index in [1.165, 1.54) is 38.9 Å². The van der Waals surface area contributed by atoms with Crippen molar-refractivity contribution in [2.45, 2.75) is 58.5 Å². The van der Waals surface area contributed by atoms with Crippen LogP contribution in [0.15, 0.2) is 0 Å². The van der Waals surface area contributed by atoms with Crippen LogP contribution in [0.2, 0.25) is 0 Å². The van der Waals surface area contributed by atoms with Gasteiger partial charge >= 0.3 is 0 Å². The van der Waals surface area contributed by atoms with Crippen molar-refractivity contribution in [3.8, 4) is 0 Å². The van der Waals surface area contributed by atoms with Crippen molar-refractivity contribution < 1.29 is 0 Å². The molecule has 94 valence electrons. The van der Waals surface area contributed by atoms with Crippen LogP contribution in [0.5, 0.6) is 0 Å². The number of nitrogens with one attached hydrogen (secondary N) is 1. The summed E-state index contributed by atoms with van der Waals surface area (Å²) in [6, 6.07) is 0.681. The van der Waals surface area contributed by atoms with Crippen LogP contribution >= 0.6 is 0 Å². The van der Waals surface area contributed by atoms with E-state index in [0.29, 0.717) is 11.6 Å². The molecule has 1 atom stereocenters. The minimum absolute atomic E-state index is 0.430. The van der Waals surface area contributed by atoms with Crippen LogP contribution in [0, 0.1) is 11.8 Å². The van der Waals surface area contributed by atoms with E-state index in [2.05, 4.69) is 37.9 Å². The molecule has 1 saturated heterocycles. The smallest absolute Gasteiger partial charge is 0.0218 e. The zero-order valence-corrected chi connectivity index (χ0v) is 11.4. The van der Waals surface area contributed by atoms with Crippen LogP contribution in [-0.2, 0) is 0 Å². The molecule has 1 aliphatic carbocycles. The highest BCUT2D eigenvalue weighted by molar-refractivity contribution is 4.98. The van der Waals surface area contributed by atoms with Crippen LogP contribution in [0.25, 0.3) is 0 Å². The molecule has 2 fully saturated rings. The molecule has 1 N–H and O–H groups in total. The van der Waals surface area contributed by atoms with E-state index in [1.54, 1.807) is 0 Å². The third-order valence-electron chi connectivity index (χ3n) is 4.62. The first-order valence-corrected chi connectivity index (χ1v) is 7.00. The molecule has 2 nitrogen and oxygen atoms in total. The Labute approximate surface area is 101 Å². The lowest BCUT2D eigenvalue weighted by Crippen LogP contribution is -2.51. The van der Waals surface area contributed by atoms with Gasteiger partial charge in [-0.3, -0.25) is 4.90 Å². The van der Waals surface area contributed by atoms with Crippen molar-refractivity contribution in [3.05, 3.63) is 0 Å². The minimum Gasteiger partial charge on any atom is -0.312 e. The maximum atomic E-state index is 3.70. The molecule has 0 aromatic carbocycles. The monoisotopic (exact) mass is 224 g/mol. The van der Waals surface area contributed by atoms with E-state index in [0.717, 1.165) is 11.8 Å². The van der Waals surface area contributed by atoms with Gasteiger partial charge < -0.3 is 5.32 Å². The third-order valence-corrected chi connectivity index (χ3v) is 4.62. The van der Waals surface area contributed by atoms with E-state index < -0.39 is 0 Å². The standard InChI is InChI=1S/C14H28N2/c1-11(2)13-10-16(9-5-8-15-13)14(3,4)12-6-7-12/h11-13,15H,5-10H2,1-4H3. The van der Waals surface area contributed by atoms with Crippen molar-refractivity contribution >= 4 is 0 Å². The number of rotatable bonds is 3. The molecular weight excluding hydrogens is 196 g/mol. The summed E-state index contributed by atoms with van der Waals surface area (Å²) in [5, 5.41) is 3.70. The van der Waals surface area contributed by atoms with Crippen LogP contribution < -0.4 is 5.32 Å². The van der Waals surface area contributed by atoms with E-state index >= 15 is 0 Å². The van der Waals surface area contributed by atoms with Crippen LogP contribution in [0.1, 0.15) is 47.0 Å². The molecule has 0 bridgehead atoms. The molecule has 16 heavy (non-hydrogen) atoms. The zero-order chi connectivity index (χ0) is 11.8. The molecule has 2 rings (SSSR count). The fraction of sp³-hybridized carbons (Fsp3) is 1.00. The Bertz CT molecular complexity index is 231. The topological polar surface area (TPSA) is 15.3 Å². The molecule has 1 heterocycles. The van der Waals surface area contributed by atoms with Gasteiger partial charge in [0.25, 0.3) is 0 Å². The van der Waals surface area contributed by atoms with E-state index in [4.69, 9.17) is 0 Å². The van der Waals surface area contributed by atoms with Crippen LogP contribution in [0.3, 0.4) is 0 Å². The van der Waals surface area contributed by atoms with Gasteiger partial charge in [0.15, 0.2) is 0 Å². The summed E-state index contributed by atoms with van der Waals surface area (Å²) >= 11 is 0. The molecule has 1 aliphatic heterocycles. The van der Waals surface area contributed by atoms with Crippen LogP contribution in [-0.4, -0.2) is 36.1 Å². The molecule has 1 unspecified atom stereocenters. The molecule has 0 aromatic heterocycles. The van der Waals surface area contributed by atoms with Crippen molar-refractivity contribution in [3.63, 3.8) is 0 Å². The fourth-order valence-corrected chi connectivity index (χ4v) is 2.97. The molecule has 0 amide bonds. The quantitative estimate of drug-likeness (QED) is 0.792. The molecule has 1 saturated carbocycles. The highest BCUT2D eigenvalue weighted by atomic mass is 15.2. The van der Waals surface area contributed by atoms with Gasteiger partial charge in [-0.05, 0) is 58.0 Å². The first-order chi connectivity index (χ1) is 7.51. The number of nitrogens with zero attached hydrogens (tertiary/aromatic N) is 1. The summed E-state index contributed by atoms with van der Waals surface area (Å²) in [6.45, 7) is 13.3. The fourth-order valence-electron chi connectivity index (χ4n) is 2.97. The van der Waals surface area contributed by atoms with Gasteiger partial charge in [-0.1, -0.05) is 13.8 Å². The van der Waals surface area contributed by atoms with Crippen molar-refractivity contribution in [2.75, 3.05) is 19.6 Å². The molecular formula is C14H28N2. The third kappa shape index (κ3) is 2.60. The van der Waals surface area contributed by atoms with Gasteiger partial charge in [0.1, 0.15) is 0 Å². The van der Waals surface area contributed by atoms with E-state index in [1.807, 2.05) is 0 Å².